The predicted molar refractivity (Wildman–Crippen MR) is 143 cm³/mol. The van der Waals surface area contributed by atoms with E-state index in [4.69, 9.17) is 19.2 Å². The number of nitro benzene ring substituents is 1. The Hall–Kier alpha value is -4.35. The molecule has 1 amide bonds. The number of hydrogen-bond acceptors (Lipinski definition) is 10. The Kier molecular flexibility index (Phi) is 7.70. The second kappa shape index (κ2) is 11.0. The van der Waals surface area contributed by atoms with Gasteiger partial charge in [-0.15, -0.1) is 0 Å². The van der Waals surface area contributed by atoms with Crippen LogP contribution in [0.25, 0.3) is 10.9 Å². The van der Waals surface area contributed by atoms with Gasteiger partial charge < -0.3 is 29.7 Å². The monoisotopic (exact) mass is 524 g/mol. The number of nitrogens with zero attached hydrogens (tertiary/aromatic N) is 4. The van der Waals surface area contributed by atoms with Crippen molar-refractivity contribution in [2.75, 3.05) is 37.5 Å². The molecule has 0 aliphatic carbocycles. The summed E-state index contributed by atoms with van der Waals surface area (Å²) in [6, 6.07) is 9.90. The molecule has 0 unspecified atom stereocenters. The van der Waals surface area contributed by atoms with Crippen molar-refractivity contribution < 1.29 is 23.9 Å². The number of carbonyl (C=O) groups excluding carboxylic acids is 1. The van der Waals surface area contributed by atoms with Crippen LogP contribution in [0.5, 0.6) is 11.5 Å². The normalized spacial score (nSPS) is 15.3. The minimum atomic E-state index is -0.590. The van der Waals surface area contributed by atoms with Crippen molar-refractivity contribution in [1.82, 2.24) is 15.3 Å². The Balaban J connectivity index is 1.60. The lowest BCUT2D eigenvalue weighted by Crippen LogP contribution is -2.40. The lowest BCUT2D eigenvalue weighted by molar-refractivity contribution is -0.384. The van der Waals surface area contributed by atoms with Gasteiger partial charge in [0.2, 0.25) is 5.95 Å². The van der Waals surface area contributed by atoms with Gasteiger partial charge in [0.1, 0.15) is 22.9 Å². The molecule has 2 N–H and O–H groups in total. The highest BCUT2D eigenvalue weighted by molar-refractivity contribution is 5.92. The van der Waals surface area contributed by atoms with Crippen LogP contribution in [0, 0.1) is 10.1 Å². The van der Waals surface area contributed by atoms with Gasteiger partial charge in [0.25, 0.3) is 5.69 Å². The number of aromatic nitrogens is 2. The zero-order valence-corrected chi connectivity index (χ0v) is 22.1. The average molecular weight is 525 g/mol. The molecule has 1 atom stereocenters. The highest BCUT2D eigenvalue weighted by atomic mass is 16.6. The van der Waals surface area contributed by atoms with E-state index >= 15 is 0 Å². The molecule has 4 rings (SSSR count). The van der Waals surface area contributed by atoms with E-state index in [-0.39, 0.29) is 11.7 Å². The van der Waals surface area contributed by atoms with E-state index in [9.17, 15) is 14.9 Å². The number of amides is 1. The van der Waals surface area contributed by atoms with Crippen molar-refractivity contribution in [2.24, 2.45) is 0 Å². The molecule has 1 aromatic heterocycles. The zero-order valence-electron chi connectivity index (χ0n) is 22.1. The number of carbonyl (C=O) groups is 1. The average Bonchev–Trinajstić information content (AvgIpc) is 3.33. The molecule has 1 aliphatic rings. The van der Waals surface area contributed by atoms with Gasteiger partial charge in [-0.25, -0.2) is 9.78 Å². The SMILES string of the molecule is COc1ccc(CNc2nc(N3CC[C@@H](NC(=O)OC(C)(C)C)C3)c3ccc([N+](=O)[O-])cc3n2)c(OC)c1. The molecule has 0 saturated carbocycles. The summed E-state index contributed by atoms with van der Waals surface area (Å²) in [5.41, 5.74) is 0.653. The Bertz CT molecular complexity index is 1340. The quantitative estimate of drug-likeness (QED) is 0.324. The highest BCUT2D eigenvalue weighted by Gasteiger charge is 2.28. The predicted octanol–water partition coefficient (Wildman–Crippen LogP) is 4.27. The van der Waals surface area contributed by atoms with Gasteiger partial charge in [0.05, 0.1) is 30.7 Å². The molecule has 202 valence electrons. The number of hydrogen-bond donors (Lipinski definition) is 2. The smallest absolute Gasteiger partial charge is 0.407 e. The van der Waals surface area contributed by atoms with Crippen LogP contribution in [0.15, 0.2) is 36.4 Å². The van der Waals surface area contributed by atoms with E-state index in [1.165, 1.54) is 12.1 Å². The second-order valence-corrected chi connectivity index (χ2v) is 9.94. The summed E-state index contributed by atoms with van der Waals surface area (Å²) in [6.07, 6.45) is 0.229. The van der Waals surface area contributed by atoms with E-state index < -0.39 is 16.6 Å². The molecule has 0 spiro atoms. The minimum absolute atomic E-state index is 0.0594. The van der Waals surface area contributed by atoms with Gasteiger partial charge in [-0.1, -0.05) is 0 Å². The van der Waals surface area contributed by atoms with Gasteiger partial charge in [-0.05, 0) is 45.4 Å². The molecule has 12 heteroatoms. The van der Waals surface area contributed by atoms with E-state index in [1.54, 1.807) is 26.4 Å². The number of methoxy groups -OCH3 is 2. The number of nitrogens with one attached hydrogen (secondary N) is 2. The first-order valence-corrected chi connectivity index (χ1v) is 12.2. The molecular formula is C26H32N6O6. The fourth-order valence-corrected chi connectivity index (χ4v) is 4.25. The van der Waals surface area contributed by atoms with Crippen LogP contribution < -0.4 is 25.0 Å². The first-order chi connectivity index (χ1) is 18.1. The molecule has 3 aromatic rings. The number of nitro groups is 1. The molecule has 1 aliphatic heterocycles. The molecule has 38 heavy (non-hydrogen) atoms. The van der Waals surface area contributed by atoms with E-state index in [2.05, 4.69) is 15.6 Å². The van der Waals surface area contributed by atoms with Crippen molar-refractivity contribution >= 4 is 34.4 Å². The maximum atomic E-state index is 12.3. The summed E-state index contributed by atoms with van der Waals surface area (Å²) in [5.74, 6) is 2.26. The van der Waals surface area contributed by atoms with Gasteiger partial charge in [-0.3, -0.25) is 10.1 Å². The van der Waals surface area contributed by atoms with Crippen LogP contribution >= 0.6 is 0 Å². The van der Waals surface area contributed by atoms with Crippen LogP contribution in [0.3, 0.4) is 0 Å². The minimum Gasteiger partial charge on any atom is -0.497 e. The molecule has 1 saturated heterocycles. The fourth-order valence-electron chi connectivity index (χ4n) is 4.25. The number of non-ortho nitro benzene ring substituents is 1. The van der Waals surface area contributed by atoms with E-state index in [1.807, 2.05) is 37.8 Å². The number of anilines is 2. The second-order valence-electron chi connectivity index (χ2n) is 9.94. The summed E-state index contributed by atoms with van der Waals surface area (Å²) < 4.78 is 16.1. The third-order valence-corrected chi connectivity index (χ3v) is 6.01. The first kappa shape index (κ1) is 26.7. The van der Waals surface area contributed by atoms with Crippen molar-refractivity contribution in [1.29, 1.82) is 0 Å². The summed E-state index contributed by atoms with van der Waals surface area (Å²) in [6.45, 7) is 6.95. The van der Waals surface area contributed by atoms with Crippen molar-refractivity contribution in [3.63, 3.8) is 0 Å². The van der Waals surface area contributed by atoms with E-state index in [0.29, 0.717) is 60.2 Å². The summed E-state index contributed by atoms with van der Waals surface area (Å²) in [5, 5.41) is 18.2. The number of benzene rings is 2. The fraction of sp³-hybridized carbons (Fsp3) is 0.423. The third kappa shape index (κ3) is 6.31. The number of alkyl carbamates (subject to hydrolysis) is 1. The maximum absolute atomic E-state index is 12.3. The largest absolute Gasteiger partial charge is 0.497 e. The molecule has 2 heterocycles. The third-order valence-electron chi connectivity index (χ3n) is 6.01. The molecule has 0 radical (unpaired) electrons. The first-order valence-electron chi connectivity index (χ1n) is 12.2. The van der Waals surface area contributed by atoms with Crippen molar-refractivity contribution in [3.05, 3.63) is 52.1 Å². The van der Waals surface area contributed by atoms with E-state index in [0.717, 1.165) is 5.56 Å². The van der Waals surface area contributed by atoms with Crippen LogP contribution in [-0.2, 0) is 11.3 Å². The number of ether oxygens (including phenoxy) is 3. The van der Waals surface area contributed by atoms with Gasteiger partial charge in [-0.2, -0.15) is 4.98 Å². The molecule has 1 fully saturated rings. The summed E-state index contributed by atoms with van der Waals surface area (Å²) in [7, 11) is 3.17. The van der Waals surface area contributed by atoms with Gasteiger partial charge in [0, 0.05) is 48.8 Å². The molecule has 0 bridgehead atoms. The Morgan fingerprint density at radius 3 is 2.63 bits per heavy atom. The van der Waals surface area contributed by atoms with Crippen LogP contribution in [0.2, 0.25) is 0 Å². The van der Waals surface area contributed by atoms with Crippen molar-refractivity contribution in [2.45, 2.75) is 45.4 Å². The van der Waals surface area contributed by atoms with Crippen LogP contribution in [0.4, 0.5) is 22.2 Å². The highest BCUT2D eigenvalue weighted by Crippen LogP contribution is 2.31. The maximum Gasteiger partial charge on any atom is 0.407 e. The Labute approximate surface area is 220 Å². The van der Waals surface area contributed by atoms with Crippen molar-refractivity contribution in [3.8, 4) is 11.5 Å². The van der Waals surface area contributed by atoms with Crippen LogP contribution in [-0.4, -0.2) is 59.9 Å². The lowest BCUT2D eigenvalue weighted by Gasteiger charge is -2.23. The number of fused-ring (bicyclic) bond motifs is 1. The standard InChI is InChI=1S/C26H32N6O6/c1-26(2,3)38-25(33)28-17-10-11-31(15-17)23-20-9-7-18(32(34)35)12-21(20)29-24(30-23)27-14-16-6-8-19(36-4)13-22(16)37-5/h6-9,12-13,17H,10-11,14-15H2,1-5H3,(H,28,33)(H,27,29,30)/t17-/m1/s1. The number of rotatable bonds is 8. The summed E-state index contributed by atoms with van der Waals surface area (Å²) >= 11 is 0. The van der Waals surface area contributed by atoms with Crippen LogP contribution in [0.1, 0.15) is 32.8 Å². The topological polar surface area (TPSA) is 141 Å². The zero-order chi connectivity index (χ0) is 27.4. The van der Waals surface area contributed by atoms with Gasteiger partial charge >= 0.3 is 6.09 Å². The lowest BCUT2D eigenvalue weighted by atomic mass is 10.2. The van der Waals surface area contributed by atoms with Gasteiger partial charge in [0.15, 0.2) is 0 Å². The molecule has 2 aromatic carbocycles. The molecular weight excluding hydrogens is 492 g/mol. The summed E-state index contributed by atoms with van der Waals surface area (Å²) in [4.78, 5) is 34.6. The molecule has 12 nitrogen and oxygen atoms in total. The Morgan fingerprint density at radius 2 is 1.95 bits per heavy atom. The Morgan fingerprint density at radius 1 is 1.16 bits per heavy atom.